The first kappa shape index (κ1) is 23.3. The van der Waals surface area contributed by atoms with E-state index >= 15 is 0 Å². The van der Waals surface area contributed by atoms with Crippen molar-refractivity contribution in [1.29, 1.82) is 0 Å². The molecule has 0 fully saturated rings. The lowest BCUT2D eigenvalue weighted by atomic mass is 9.99. The topological polar surface area (TPSA) is 79.5 Å². The second kappa shape index (κ2) is 12.6. The maximum atomic E-state index is 12.3. The van der Waals surface area contributed by atoms with E-state index in [9.17, 15) is 9.59 Å². The van der Waals surface area contributed by atoms with Gasteiger partial charge >= 0.3 is 5.97 Å². The lowest BCUT2D eigenvalue weighted by Crippen LogP contribution is -2.48. The Hall–Kier alpha value is -2.93. The minimum atomic E-state index is -0.646. The molecule has 0 heterocycles. The van der Waals surface area contributed by atoms with Gasteiger partial charge in [0, 0.05) is 0 Å². The van der Waals surface area contributed by atoms with Crippen LogP contribution in [0.3, 0.4) is 0 Å². The standard InChI is InChI=1S/C23H29N3O3S/c1-3-4-15-19(22(28)29-2)25-20(27)16-24-23(30)26-21(17-11-7-5-8-12-17)18-13-9-6-10-14-18/h5-14,19,21H,3-4,15-16H2,1-2H3,(H,25,27)(H2,24,26,30). The Morgan fingerprint density at radius 2 is 1.53 bits per heavy atom. The van der Waals surface area contributed by atoms with Gasteiger partial charge in [0.25, 0.3) is 0 Å². The number of ether oxygens (including phenoxy) is 1. The van der Waals surface area contributed by atoms with Gasteiger partial charge < -0.3 is 20.7 Å². The van der Waals surface area contributed by atoms with Crippen molar-refractivity contribution in [3.8, 4) is 0 Å². The number of esters is 1. The Labute approximate surface area is 183 Å². The maximum absolute atomic E-state index is 12.3. The molecule has 0 aliphatic carbocycles. The summed E-state index contributed by atoms with van der Waals surface area (Å²) in [5.74, 6) is -0.757. The van der Waals surface area contributed by atoms with Crippen LogP contribution in [0.25, 0.3) is 0 Å². The molecular weight excluding hydrogens is 398 g/mol. The molecule has 0 saturated heterocycles. The summed E-state index contributed by atoms with van der Waals surface area (Å²) in [6, 6.07) is 19.1. The van der Waals surface area contributed by atoms with Gasteiger partial charge in [0.05, 0.1) is 19.7 Å². The molecule has 30 heavy (non-hydrogen) atoms. The number of hydrogen-bond acceptors (Lipinski definition) is 4. The van der Waals surface area contributed by atoms with E-state index in [1.54, 1.807) is 0 Å². The fourth-order valence-corrected chi connectivity index (χ4v) is 3.23. The average Bonchev–Trinajstić information content (AvgIpc) is 2.79. The van der Waals surface area contributed by atoms with Crippen LogP contribution in [0.2, 0.25) is 0 Å². The number of unbranched alkanes of at least 4 members (excludes halogenated alkanes) is 1. The molecule has 0 saturated carbocycles. The monoisotopic (exact) mass is 427 g/mol. The molecule has 0 radical (unpaired) electrons. The molecule has 3 N–H and O–H groups in total. The Bertz CT molecular complexity index is 775. The van der Waals surface area contributed by atoms with Crippen LogP contribution in [-0.2, 0) is 14.3 Å². The van der Waals surface area contributed by atoms with E-state index in [2.05, 4.69) is 16.0 Å². The molecule has 0 aliphatic rings. The first-order valence-corrected chi connectivity index (χ1v) is 10.5. The summed E-state index contributed by atoms with van der Waals surface area (Å²) < 4.78 is 4.77. The highest BCUT2D eigenvalue weighted by atomic mass is 32.1. The lowest BCUT2D eigenvalue weighted by Gasteiger charge is -2.22. The second-order valence-corrected chi connectivity index (χ2v) is 7.28. The summed E-state index contributed by atoms with van der Waals surface area (Å²) in [6.07, 6.45) is 2.29. The maximum Gasteiger partial charge on any atom is 0.328 e. The molecule has 2 rings (SSSR count). The van der Waals surface area contributed by atoms with Gasteiger partial charge in [-0.3, -0.25) is 4.79 Å². The van der Waals surface area contributed by atoms with Crippen LogP contribution in [0.15, 0.2) is 60.7 Å². The molecule has 0 bridgehead atoms. The highest BCUT2D eigenvalue weighted by Crippen LogP contribution is 2.21. The molecule has 1 unspecified atom stereocenters. The Kier molecular flexibility index (Phi) is 9.80. The first-order chi connectivity index (χ1) is 14.5. The van der Waals surface area contributed by atoms with Crippen molar-refractivity contribution >= 4 is 29.2 Å². The fourth-order valence-electron chi connectivity index (χ4n) is 3.04. The van der Waals surface area contributed by atoms with E-state index < -0.39 is 12.0 Å². The quantitative estimate of drug-likeness (QED) is 0.399. The highest BCUT2D eigenvalue weighted by molar-refractivity contribution is 7.80. The van der Waals surface area contributed by atoms with Crippen molar-refractivity contribution in [2.75, 3.05) is 13.7 Å². The van der Waals surface area contributed by atoms with Crippen molar-refractivity contribution in [3.63, 3.8) is 0 Å². The van der Waals surface area contributed by atoms with Crippen LogP contribution >= 0.6 is 12.2 Å². The number of carbonyl (C=O) groups is 2. The van der Waals surface area contributed by atoms with Gasteiger partial charge in [0.15, 0.2) is 5.11 Å². The molecular formula is C23H29N3O3S. The number of rotatable bonds is 10. The number of benzene rings is 2. The van der Waals surface area contributed by atoms with Crippen LogP contribution in [0.1, 0.15) is 43.4 Å². The third-order valence-corrected chi connectivity index (χ3v) is 4.88. The van der Waals surface area contributed by atoms with Crippen LogP contribution in [-0.4, -0.2) is 36.7 Å². The summed E-state index contributed by atoms with van der Waals surface area (Å²) in [5, 5.41) is 9.27. The largest absolute Gasteiger partial charge is 0.467 e. The third-order valence-electron chi connectivity index (χ3n) is 4.62. The number of carbonyl (C=O) groups excluding carboxylic acids is 2. The van der Waals surface area contributed by atoms with E-state index in [1.807, 2.05) is 67.6 Å². The lowest BCUT2D eigenvalue weighted by molar-refractivity contribution is -0.145. The average molecular weight is 428 g/mol. The Morgan fingerprint density at radius 1 is 0.967 bits per heavy atom. The minimum absolute atomic E-state index is 0.0399. The van der Waals surface area contributed by atoms with Gasteiger partial charge in [-0.1, -0.05) is 80.4 Å². The molecule has 160 valence electrons. The first-order valence-electron chi connectivity index (χ1n) is 10.1. The van der Waals surface area contributed by atoms with Crippen LogP contribution < -0.4 is 16.0 Å². The van der Waals surface area contributed by atoms with Crippen molar-refractivity contribution in [2.45, 2.75) is 38.3 Å². The predicted molar refractivity (Wildman–Crippen MR) is 122 cm³/mol. The van der Waals surface area contributed by atoms with Gasteiger partial charge in [-0.25, -0.2) is 4.79 Å². The normalized spacial score (nSPS) is 11.4. The summed E-state index contributed by atoms with van der Waals surface area (Å²) in [6.45, 7) is 1.99. The summed E-state index contributed by atoms with van der Waals surface area (Å²) in [7, 11) is 1.32. The van der Waals surface area contributed by atoms with E-state index in [4.69, 9.17) is 17.0 Å². The van der Waals surface area contributed by atoms with Gasteiger partial charge in [0.2, 0.25) is 5.91 Å². The van der Waals surface area contributed by atoms with Crippen LogP contribution in [0, 0.1) is 0 Å². The van der Waals surface area contributed by atoms with Gasteiger partial charge in [-0.05, 0) is 29.8 Å². The van der Waals surface area contributed by atoms with Gasteiger partial charge in [-0.15, -0.1) is 0 Å². The highest BCUT2D eigenvalue weighted by Gasteiger charge is 2.21. The summed E-state index contributed by atoms with van der Waals surface area (Å²) >= 11 is 5.41. The Morgan fingerprint density at radius 3 is 2.03 bits per heavy atom. The predicted octanol–water partition coefficient (Wildman–Crippen LogP) is 3.09. The zero-order valence-electron chi connectivity index (χ0n) is 17.4. The zero-order chi connectivity index (χ0) is 21.8. The smallest absolute Gasteiger partial charge is 0.328 e. The zero-order valence-corrected chi connectivity index (χ0v) is 18.2. The molecule has 0 spiro atoms. The van der Waals surface area contributed by atoms with E-state index in [0.29, 0.717) is 11.5 Å². The van der Waals surface area contributed by atoms with Gasteiger partial charge in [-0.2, -0.15) is 0 Å². The number of methoxy groups -OCH3 is 1. The number of hydrogen-bond donors (Lipinski definition) is 3. The molecule has 2 aromatic carbocycles. The summed E-state index contributed by atoms with van der Waals surface area (Å²) in [5.41, 5.74) is 2.12. The molecule has 6 nitrogen and oxygen atoms in total. The SMILES string of the molecule is CCCCC(NC(=O)CNC(=S)NC(c1ccccc1)c1ccccc1)C(=O)OC. The Balaban J connectivity index is 1.95. The number of amides is 1. The van der Waals surface area contributed by atoms with E-state index in [-0.39, 0.29) is 18.5 Å². The number of thiocarbonyl (C=S) groups is 1. The molecule has 0 aromatic heterocycles. The molecule has 7 heteroatoms. The minimum Gasteiger partial charge on any atom is -0.467 e. The third kappa shape index (κ3) is 7.48. The second-order valence-electron chi connectivity index (χ2n) is 6.87. The molecule has 0 aliphatic heterocycles. The van der Waals surface area contributed by atoms with Crippen molar-refractivity contribution in [3.05, 3.63) is 71.8 Å². The molecule has 2 aromatic rings. The molecule has 1 atom stereocenters. The van der Waals surface area contributed by atoms with Crippen LogP contribution in [0.5, 0.6) is 0 Å². The van der Waals surface area contributed by atoms with Crippen molar-refractivity contribution in [1.82, 2.24) is 16.0 Å². The fraction of sp³-hybridized carbons (Fsp3) is 0.348. The number of nitrogens with one attached hydrogen (secondary N) is 3. The molecule has 1 amide bonds. The van der Waals surface area contributed by atoms with E-state index in [0.717, 1.165) is 24.0 Å². The van der Waals surface area contributed by atoms with Crippen molar-refractivity contribution in [2.24, 2.45) is 0 Å². The van der Waals surface area contributed by atoms with E-state index in [1.165, 1.54) is 7.11 Å². The van der Waals surface area contributed by atoms with Gasteiger partial charge in [0.1, 0.15) is 6.04 Å². The van der Waals surface area contributed by atoms with Crippen molar-refractivity contribution < 1.29 is 14.3 Å². The summed E-state index contributed by atoms with van der Waals surface area (Å²) in [4.78, 5) is 24.2. The van der Waals surface area contributed by atoms with Crippen LogP contribution in [0.4, 0.5) is 0 Å².